The van der Waals surface area contributed by atoms with Crippen molar-refractivity contribution in [3.05, 3.63) is 28.8 Å². The molecule has 0 aromatic heterocycles. The summed E-state index contributed by atoms with van der Waals surface area (Å²) in [7, 11) is 0. The highest BCUT2D eigenvalue weighted by molar-refractivity contribution is 8.14. The first-order chi connectivity index (χ1) is 7.98. The molecule has 0 bridgehead atoms. The second-order valence-corrected chi connectivity index (χ2v) is 4.81. The van der Waals surface area contributed by atoms with Crippen LogP contribution in [0, 0.1) is 0 Å². The Morgan fingerprint density at radius 1 is 1.35 bits per heavy atom. The number of rotatable bonds is 1. The van der Waals surface area contributed by atoms with Crippen LogP contribution >= 0.6 is 23.4 Å². The van der Waals surface area contributed by atoms with Gasteiger partial charge in [-0.25, -0.2) is 0 Å². The number of nitrogens with one attached hydrogen (secondary N) is 1. The Hall–Kier alpha value is -0.880. The molecule has 92 valence electrons. The first-order valence-electron chi connectivity index (χ1n) is 4.78. The van der Waals surface area contributed by atoms with E-state index in [1.54, 1.807) is 0 Å². The van der Waals surface area contributed by atoms with Crippen LogP contribution in [0.25, 0.3) is 0 Å². The SMILES string of the molecule is FC(F)(F)c1cccc(Cl)c1NC1=NCCS1. The molecule has 1 N–H and O–H groups in total. The molecule has 0 aliphatic carbocycles. The summed E-state index contributed by atoms with van der Waals surface area (Å²) in [5.41, 5.74) is -0.907. The molecule has 0 spiro atoms. The fourth-order valence-electron chi connectivity index (χ4n) is 1.41. The van der Waals surface area contributed by atoms with Gasteiger partial charge in [-0.2, -0.15) is 13.2 Å². The van der Waals surface area contributed by atoms with E-state index in [4.69, 9.17) is 11.6 Å². The summed E-state index contributed by atoms with van der Waals surface area (Å²) in [4.78, 5) is 4.04. The molecule has 1 aromatic carbocycles. The molecule has 2 rings (SSSR count). The number of anilines is 1. The predicted octanol–water partition coefficient (Wildman–Crippen LogP) is 3.87. The number of halogens is 4. The van der Waals surface area contributed by atoms with Gasteiger partial charge in [-0.3, -0.25) is 4.99 Å². The summed E-state index contributed by atoms with van der Waals surface area (Å²) in [6, 6.07) is 3.69. The van der Waals surface area contributed by atoms with Gasteiger partial charge in [0.15, 0.2) is 5.17 Å². The molecule has 1 aromatic rings. The molecule has 0 radical (unpaired) electrons. The van der Waals surface area contributed by atoms with Crippen molar-refractivity contribution in [3.63, 3.8) is 0 Å². The van der Waals surface area contributed by atoms with E-state index in [-0.39, 0.29) is 10.7 Å². The highest BCUT2D eigenvalue weighted by Crippen LogP contribution is 2.39. The summed E-state index contributed by atoms with van der Waals surface area (Å²) in [6.45, 7) is 0.610. The van der Waals surface area contributed by atoms with E-state index in [0.717, 1.165) is 11.8 Å². The molecule has 1 aliphatic rings. The number of thioether (sulfide) groups is 1. The summed E-state index contributed by atoms with van der Waals surface area (Å²) < 4.78 is 38.3. The second-order valence-electron chi connectivity index (χ2n) is 3.32. The third kappa shape index (κ3) is 2.87. The van der Waals surface area contributed by atoms with Crippen LogP contribution in [0.15, 0.2) is 23.2 Å². The summed E-state index contributed by atoms with van der Waals surface area (Å²) in [5, 5.41) is 3.16. The van der Waals surface area contributed by atoms with Crippen molar-refractivity contribution in [3.8, 4) is 0 Å². The van der Waals surface area contributed by atoms with E-state index in [1.807, 2.05) is 0 Å². The molecule has 0 saturated heterocycles. The van der Waals surface area contributed by atoms with Crippen molar-refractivity contribution < 1.29 is 13.2 Å². The molecular formula is C10H8ClF3N2S. The van der Waals surface area contributed by atoms with Gasteiger partial charge in [-0.15, -0.1) is 0 Å². The minimum Gasteiger partial charge on any atom is -0.333 e. The van der Waals surface area contributed by atoms with Crippen molar-refractivity contribution in [2.45, 2.75) is 6.18 Å². The van der Waals surface area contributed by atoms with Crippen LogP contribution in [0.2, 0.25) is 5.02 Å². The van der Waals surface area contributed by atoms with Crippen LogP contribution in [-0.4, -0.2) is 17.5 Å². The topological polar surface area (TPSA) is 24.4 Å². The first kappa shape index (κ1) is 12.6. The highest BCUT2D eigenvalue weighted by atomic mass is 35.5. The molecular weight excluding hydrogens is 273 g/mol. The zero-order chi connectivity index (χ0) is 12.5. The Balaban J connectivity index is 2.37. The standard InChI is InChI=1S/C10H8ClF3N2S/c11-7-3-1-2-6(10(12,13)14)8(7)16-9-15-4-5-17-9/h1-3H,4-5H2,(H,15,16). The van der Waals surface area contributed by atoms with Crippen molar-refractivity contribution in [2.24, 2.45) is 4.99 Å². The molecule has 1 aliphatic heterocycles. The largest absolute Gasteiger partial charge is 0.418 e. The van der Waals surface area contributed by atoms with Crippen molar-refractivity contribution >= 4 is 34.2 Å². The molecule has 2 nitrogen and oxygen atoms in total. The maximum absolute atomic E-state index is 12.8. The monoisotopic (exact) mass is 280 g/mol. The van der Waals surface area contributed by atoms with Gasteiger partial charge in [0, 0.05) is 5.75 Å². The third-order valence-electron chi connectivity index (χ3n) is 2.14. The molecule has 0 atom stereocenters. The number of amidine groups is 1. The van der Waals surface area contributed by atoms with E-state index in [1.165, 1.54) is 23.9 Å². The van der Waals surface area contributed by atoms with Crippen molar-refractivity contribution in [2.75, 3.05) is 17.6 Å². The minimum atomic E-state index is -4.43. The molecule has 0 saturated carbocycles. The molecule has 0 unspecified atom stereocenters. The van der Waals surface area contributed by atoms with E-state index in [2.05, 4.69) is 10.3 Å². The Kier molecular flexibility index (Phi) is 3.53. The summed E-state index contributed by atoms with van der Waals surface area (Å²) in [6.07, 6.45) is -4.43. The molecule has 7 heteroatoms. The highest BCUT2D eigenvalue weighted by Gasteiger charge is 2.34. The molecule has 1 heterocycles. The fourth-order valence-corrected chi connectivity index (χ4v) is 2.36. The molecule has 0 fully saturated rings. The zero-order valence-electron chi connectivity index (χ0n) is 8.51. The number of aliphatic imine (C=N–C) groups is 1. The normalized spacial score (nSPS) is 15.9. The number of hydrogen-bond donors (Lipinski definition) is 1. The van der Waals surface area contributed by atoms with Gasteiger partial charge in [-0.05, 0) is 12.1 Å². The maximum atomic E-state index is 12.8. The number of hydrogen-bond acceptors (Lipinski definition) is 3. The Bertz CT molecular complexity index is 459. The summed E-state index contributed by atoms with van der Waals surface area (Å²) in [5.74, 6) is 0.772. The molecule has 17 heavy (non-hydrogen) atoms. The zero-order valence-corrected chi connectivity index (χ0v) is 10.1. The summed E-state index contributed by atoms with van der Waals surface area (Å²) >= 11 is 7.17. The van der Waals surface area contributed by atoms with Gasteiger partial charge in [0.1, 0.15) is 0 Å². The van der Waals surface area contributed by atoms with Crippen LogP contribution in [0.4, 0.5) is 18.9 Å². The lowest BCUT2D eigenvalue weighted by atomic mass is 10.1. The maximum Gasteiger partial charge on any atom is 0.418 e. The van der Waals surface area contributed by atoms with E-state index >= 15 is 0 Å². The smallest absolute Gasteiger partial charge is 0.333 e. The van der Waals surface area contributed by atoms with Crippen LogP contribution in [-0.2, 0) is 6.18 Å². The first-order valence-corrected chi connectivity index (χ1v) is 6.15. The van der Waals surface area contributed by atoms with E-state index in [0.29, 0.717) is 11.7 Å². The fraction of sp³-hybridized carbons (Fsp3) is 0.300. The van der Waals surface area contributed by atoms with E-state index < -0.39 is 11.7 Å². The van der Waals surface area contributed by atoms with E-state index in [9.17, 15) is 13.2 Å². The minimum absolute atomic E-state index is 0.0371. The Morgan fingerprint density at radius 2 is 2.12 bits per heavy atom. The van der Waals surface area contributed by atoms with Crippen LogP contribution in [0.5, 0.6) is 0 Å². The number of nitrogens with zero attached hydrogens (tertiary/aromatic N) is 1. The van der Waals surface area contributed by atoms with Crippen LogP contribution in [0.1, 0.15) is 5.56 Å². The van der Waals surface area contributed by atoms with Gasteiger partial charge < -0.3 is 5.32 Å². The van der Waals surface area contributed by atoms with Crippen LogP contribution in [0.3, 0.4) is 0 Å². The predicted molar refractivity (Wildman–Crippen MR) is 64.8 cm³/mol. The van der Waals surface area contributed by atoms with Gasteiger partial charge in [0.2, 0.25) is 0 Å². The van der Waals surface area contributed by atoms with Gasteiger partial charge in [0.25, 0.3) is 0 Å². The quantitative estimate of drug-likeness (QED) is 0.844. The lowest BCUT2D eigenvalue weighted by Crippen LogP contribution is -2.13. The average Bonchev–Trinajstić information content (AvgIpc) is 2.72. The second kappa shape index (κ2) is 4.78. The van der Waals surface area contributed by atoms with Crippen LogP contribution < -0.4 is 5.32 Å². The van der Waals surface area contributed by atoms with Gasteiger partial charge in [0.05, 0.1) is 22.8 Å². The Labute approximate surface area is 105 Å². The van der Waals surface area contributed by atoms with Crippen molar-refractivity contribution in [1.29, 1.82) is 0 Å². The third-order valence-corrected chi connectivity index (χ3v) is 3.34. The lowest BCUT2D eigenvalue weighted by Gasteiger charge is -2.15. The van der Waals surface area contributed by atoms with Crippen molar-refractivity contribution in [1.82, 2.24) is 0 Å². The number of alkyl halides is 3. The Morgan fingerprint density at radius 3 is 2.71 bits per heavy atom. The lowest BCUT2D eigenvalue weighted by molar-refractivity contribution is -0.136. The van der Waals surface area contributed by atoms with Gasteiger partial charge >= 0.3 is 6.18 Å². The van der Waals surface area contributed by atoms with Gasteiger partial charge in [-0.1, -0.05) is 29.4 Å². The molecule has 0 amide bonds. The average molecular weight is 281 g/mol. The number of benzene rings is 1. The number of para-hydroxylation sites is 1.